The zero-order chi connectivity index (χ0) is 19.0. The van der Waals surface area contributed by atoms with E-state index in [0.717, 1.165) is 5.56 Å². The predicted molar refractivity (Wildman–Crippen MR) is 111 cm³/mol. The Labute approximate surface area is 174 Å². The number of fused-ring (bicyclic) bond motifs is 1. The van der Waals surface area contributed by atoms with Gasteiger partial charge >= 0.3 is 0 Å². The molecule has 6 nitrogen and oxygen atoms in total. The molecule has 0 radical (unpaired) electrons. The Morgan fingerprint density at radius 1 is 1.21 bits per heavy atom. The lowest BCUT2D eigenvalue weighted by atomic mass is 10.0. The Kier molecular flexibility index (Phi) is 6.13. The van der Waals surface area contributed by atoms with Crippen molar-refractivity contribution in [3.8, 4) is 5.75 Å². The topological polar surface area (TPSA) is 70.7 Å². The summed E-state index contributed by atoms with van der Waals surface area (Å²) in [6.07, 6.45) is -0.645. The van der Waals surface area contributed by atoms with Crippen molar-refractivity contribution in [3.63, 3.8) is 0 Å². The van der Waals surface area contributed by atoms with Crippen LogP contribution in [0.3, 0.4) is 0 Å². The molecule has 0 saturated carbocycles. The van der Waals surface area contributed by atoms with Crippen LogP contribution in [0.2, 0.25) is 5.02 Å². The predicted octanol–water partition coefficient (Wildman–Crippen LogP) is 3.27. The van der Waals surface area contributed by atoms with Crippen molar-refractivity contribution >= 4 is 41.5 Å². The number of amides is 2. The van der Waals surface area contributed by atoms with Gasteiger partial charge in [0, 0.05) is 24.7 Å². The third-order valence-electron chi connectivity index (χ3n) is 4.94. The first kappa shape index (κ1) is 20.5. The molecule has 0 spiro atoms. The van der Waals surface area contributed by atoms with E-state index >= 15 is 0 Å². The summed E-state index contributed by atoms with van der Waals surface area (Å²) < 4.78 is 5.75. The van der Waals surface area contributed by atoms with Gasteiger partial charge in [-0.3, -0.25) is 9.59 Å². The van der Waals surface area contributed by atoms with Gasteiger partial charge in [-0.1, -0.05) is 35.9 Å². The normalized spacial score (nSPS) is 21.1. The molecule has 2 heterocycles. The molecule has 2 unspecified atom stereocenters. The molecule has 2 aliphatic heterocycles. The van der Waals surface area contributed by atoms with E-state index in [-0.39, 0.29) is 30.3 Å². The fourth-order valence-electron chi connectivity index (χ4n) is 3.52. The summed E-state index contributed by atoms with van der Waals surface area (Å²) in [5, 5.41) is 6.76. The molecular weight excluding hydrogens is 401 g/mol. The minimum atomic E-state index is -0.645. The van der Waals surface area contributed by atoms with Crippen LogP contribution in [0, 0.1) is 0 Å². The number of hydrogen-bond acceptors (Lipinski definition) is 4. The van der Waals surface area contributed by atoms with Gasteiger partial charge in [0.2, 0.25) is 0 Å². The number of halogens is 2. The molecule has 2 amide bonds. The number of para-hydroxylation sites is 1. The highest BCUT2D eigenvalue weighted by Gasteiger charge is 2.34. The first-order chi connectivity index (χ1) is 13.1. The number of nitrogens with one attached hydrogen (secondary N) is 2. The number of piperazine rings is 1. The smallest absolute Gasteiger partial charge is 0.265 e. The summed E-state index contributed by atoms with van der Waals surface area (Å²) in [5.41, 5.74) is 1.87. The van der Waals surface area contributed by atoms with Gasteiger partial charge in [0.25, 0.3) is 11.8 Å². The van der Waals surface area contributed by atoms with Gasteiger partial charge in [-0.15, -0.1) is 12.4 Å². The molecule has 0 bridgehead atoms. The molecule has 2 aliphatic rings. The van der Waals surface area contributed by atoms with Gasteiger partial charge in [0.05, 0.1) is 17.3 Å². The average molecular weight is 422 g/mol. The van der Waals surface area contributed by atoms with Crippen LogP contribution in [0.4, 0.5) is 5.69 Å². The number of hydrogen-bond donors (Lipinski definition) is 2. The number of benzene rings is 2. The fraction of sp³-hybridized carbons (Fsp3) is 0.300. The van der Waals surface area contributed by atoms with Gasteiger partial charge < -0.3 is 20.3 Å². The van der Waals surface area contributed by atoms with E-state index in [4.69, 9.17) is 16.3 Å². The van der Waals surface area contributed by atoms with Crippen molar-refractivity contribution in [1.29, 1.82) is 0 Å². The molecule has 2 aromatic carbocycles. The van der Waals surface area contributed by atoms with Crippen LogP contribution < -0.4 is 15.4 Å². The first-order valence-corrected chi connectivity index (χ1v) is 9.30. The van der Waals surface area contributed by atoms with Gasteiger partial charge in [0.1, 0.15) is 0 Å². The second kappa shape index (κ2) is 8.39. The Hall–Kier alpha value is -2.28. The Bertz CT molecular complexity index is 906. The Morgan fingerprint density at radius 3 is 2.79 bits per heavy atom. The zero-order valence-electron chi connectivity index (χ0n) is 15.3. The highest BCUT2D eigenvalue weighted by Crippen LogP contribution is 2.36. The molecule has 0 aromatic heterocycles. The maximum atomic E-state index is 13.4. The lowest BCUT2D eigenvalue weighted by Crippen LogP contribution is -2.49. The molecule has 4 rings (SSSR count). The first-order valence-electron chi connectivity index (χ1n) is 8.93. The van der Waals surface area contributed by atoms with Crippen LogP contribution in [0.5, 0.6) is 5.75 Å². The van der Waals surface area contributed by atoms with Crippen molar-refractivity contribution in [2.24, 2.45) is 0 Å². The standard InChI is InChI=1S/C20H20ClN3O3.ClH/c1-12-19(25)23-16-8-4-6-14(18(16)27-12)20(26)24-10-9-22-11-17(24)13-5-2-3-7-15(13)21;/h2-8,12,17,22H,9-11H2,1H3,(H,23,25);1H. The van der Waals surface area contributed by atoms with E-state index in [1.165, 1.54) is 0 Å². The molecule has 28 heavy (non-hydrogen) atoms. The van der Waals surface area contributed by atoms with Gasteiger partial charge in [-0.05, 0) is 30.7 Å². The molecule has 2 N–H and O–H groups in total. The minimum Gasteiger partial charge on any atom is -0.478 e. The highest BCUT2D eigenvalue weighted by atomic mass is 35.5. The van der Waals surface area contributed by atoms with Crippen LogP contribution in [0.25, 0.3) is 0 Å². The van der Waals surface area contributed by atoms with Crippen LogP contribution in [-0.4, -0.2) is 42.5 Å². The van der Waals surface area contributed by atoms with Crippen molar-refractivity contribution in [1.82, 2.24) is 10.2 Å². The van der Waals surface area contributed by atoms with Crippen LogP contribution in [0.1, 0.15) is 28.9 Å². The van der Waals surface area contributed by atoms with Crippen molar-refractivity contribution in [3.05, 3.63) is 58.6 Å². The summed E-state index contributed by atoms with van der Waals surface area (Å²) in [6, 6.07) is 12.6. The van der Waals surface area contributed by atoms with Crippen LogP contribution >= 0.6 is 24.0 Å². The van der Waals surface area contributed by atoms with Gasteiger partial charge in [0.15, 0.2) is 11.9 Å². The molecule has 2 atom stereocenters. The number of carbonyl (C=O) groups excluding carboxylic acids is 2. The monoisotopic (exact) mass is 421 g/mol. The quantitative estimate of drug-likeness (QED) is 0.780. The number of rotatable bonds is 2. The lowest BCUT2D eigenvalue weighted by molar-refractivity contribution is -0.122. The SMILES string of the molecule is CC1Oc2c(cccc2C(=O)N2CCNCC2c2ccccc2Cl)NC1=O.Cl. The van der Waals surface area contributed by atoms with E-state index in [1.54, 1.807) is 25.1 Å². The van der Waals surface area contributed by atoms with Crippen LogP contribution in [-0.2, 0) is 4.79 Å². The van der Waals surface area contributed by atoms with E-state index in [1.807, 2.05) is 29.2 Å². The number of carbonyl (C=O) groups is 2. The van der Waals surface area contributed by atoms with Gasteiger partial charge in [-0.2, -0.15) is 0 Å². The largest absolute Gasteiger partial charge is 0.478 e. The summed E-state index contributed by atoms with van der Waals surface area (Å²) in [5.74, 6) is 0.0656. The summed E-state index contributed by atoms with van der Waals surface area (Å²) >= 11 is 6.39. The maximum Gasteiger partial charge on any atom is 0.265 e. The van der Waals surface area contributed by atoms with Crippen molar-refractivity contribution in [2.45, 2.75) is 19.1 Å². The second-order valence-corrected chi connectivity index (χ2v) is 7.08. The summed E-state index contributed by atoms with van der Waals surface area (Å²) in [7, 11) is 0. The molecule has 2 aromatic rings. The van der Waals surface area contributed by atoms with E-state index in [0.29, 0.717) is 41.7 Å². The molecular formula is C20H21Cl2N3O3. The number of anilines is 1. The fourth-order valence-corrected chi connectivity index (χ4v) is 3.78. The Morgan fingerprint density at radius 2 is 2.00 bits per heavy atom. The number of ether oxygens (including phenoxy) is 1. The van der Waals surface area contributed by atoms with Gasteiger partial charge in [-0.25, -0.2) is 0 Å². The third-order valence-corrected chi connectivity index (χ3v) is 5.28. The zero-order valence-corrected chi connectivity index (χ0v) is 16.8. The van der Waals surface area contributed by atoms with Crippen LogP contribution in [0.15, 0.2) is 42.5 Å². The minimum absolute atomic E-state index is 0. The van der Waals surface area contributed by atoms with Crippen molar-refractivity contribution < 1.29 is 14.3 Å². The lowest BCUT2D eigenvalue weighted by Gasteiger charge is -2.37. The number of nitrogens with zero attached hydrogens (tertiary/aromatic N) is 1. The summed E-state index contributed by atoms with van der Waals surface area (Å²) in [4.78, 5) is 27.1. The molecule has 148 valence electrons. The molecule has 1 saturated heterocycles. The van der Waals surface area contributed by atoms with E-state index < -0.39 is 6.10 Å². The van der Waals surface area contributed by atoms with E-state index in [2.05, 4.69) is 10.6 Å². The second-order valence-electron chi connectivity index (χ2n) is 6.67. The average Bonchev–Trinajstić information content (AvgIpc) is 2.68. The maximum absolute atomic E-state index is 13.4. The third kappa shape index (κ3) is 3.68. The Balaban J connectivity index is 0.00000225. The molecule has 1 fully saturated rings. The highest BCUT2D eigenvalue weighted by molar-refractivity contribution is 6.31. The van der Waals surface area contributed by atoms with Crippen molar-refractivity contribution in [2.75, 3.05) is 25.0 Å². The molecule has 8 heteroatoms. The molecule has 0 aliphatic carbocycles. The van der Waals surface area contributed by atoms with E-state index in [9.17, 15) is 9.59 Å². The summed E-state index contributed by atoms with van der Waals surface area (Å²) in [6.45, 7) is 3.55.